The number of benzene rings is 2. The zero-order valence-electron chi connectivity index (χ0n) is 9.69. The first-order valence-electron chi connectivity index (χ1n) is 5.63. The lowest BCUT2D eigenvalue weighted by Gasteiger charge is -2.00. The number of carbonyl (C=O) groups is 1. The van der Waals surface area contributed by atoms with Crippen LogP contribution < -0.4 is 0 Å². The molecule has 19 heavy (non-hydrogen) atoms. The fraction of sp³-hybridized carbons (Fsp3) is 0. The number of hydrogen-bond donors (Lipinski definition) is 0. The predicted octanol–water partition coefficient (Wildman–Crippen LogP) is 5.08. The van der Waals surface area contributed by atoms with Crippen LogP contribution in [0.3, 0.4) is 0 Å². The molecule has 94 valence electrons. The molecule has 0 aliphatic carbocycles. The number of halogens is 2. The summed E-state index contributed by atoms with van der Waals surface area (Å²) in [4.78, 5) is 12.3. The third kappa shape index (κ3) is 2.31. The molecule has 1 heterocycles. The predicted molar refractivity (Wildman–Crippen MR) is 78.8 cm³/mol. The van der Waals surface area contributed by atoms with E-state index >= 15 is 0 Å². The van der Waals surface area contributed by atoms with Crippen LogP contribution in [0.1, 0.15) is 16.1 Å². The van der Waals surface area contributed by atoms with Crippen molar-refractivity contribution < 1.29 is 9.21 Å². The molecule has 0 bridgehead atoms. The lowest BCUT2D eigenvalue weighted by molar-refractivity contribution is 0.101. The summed E-state index contributed by atoms with van der Waals surface area (Å²) in [7, 11) is 0. The van der Waals surface area contributed by atoms with E-state index in [4.69, 9.17) is 16.0 Å². The number of ketones is 1. The molecule has 0 atom stereocenters. The summed E-state index contributed by atoms with van der Waals surface area (Å²) in [6.45, 7) is 0. The van der Waals surface area contributed by atoms with Crippen molar-refractivity contribution in [1.29, 1.82) is 0 Å². The van der Waals surface area contributed by atoms with E-state index in [-0.39, 0.29) is 5.78 Å². The molecule has 0 saturated heterocycles. The van der Waals surface area contributed by atoms with Crippen molar-refractivity contribution >= 4 is 44.3 Å². The first-order chi connectivity index (χ1) is 9.15. The van der Waals surface area contributed by atoms with Gasteiger partial charge in [-0.3, -0.25) is 4.79 Å². The number of furan rings is 1. The highest BCUT2D eigenvalue weighted by Crippen LogP contribution is 2.26. The summed E-state index contributed by atoms with van der Waals surface area (Å²) >= 11 is 9.29. The van der Waals surface area contributed by atoms with E-state index in [9.17, 15) is 4.79 Å². The molecule has 0 amide bonds. The monoisotopic (exact) mass is 334 g/mol. The van der Waals surface area contributed by atoms with E-state index in [2.05, 4.69) is 15.9 Å². The van der Waals surface area contributed by atoms with Gasteiger partial charge in [0.2, 0.25) is 5.78 Å². The van der Waals surface area contributed by atoms with Crippen molar-refractivity contribution in [2.45, 2.75) is 0 Å². The Bertz CT molecular complexity index is 744. The summed E-state index contributed by atoms with van der Waals surface area (Å²) in [6, 6.07) is 14.3. The minimum Gasteiger partial charge on any atom is -0.453 e. The highest BCUT2D eigenvalue weighted by molar-refractivity contribution is 9.10. The van der Waals surface area contributed by atoms with Crippen LogP contribution >= 0.6 is 27.5 Å². The van der Waals surface area contributed by atoms with Crippen molar-refractivity contribution in [3.63, 3.8) is 0 Å². The summed E-state index contributed by atoms with van der Waals surface area (Å²) < 4.78 is 6.31. The van der Waals surface area contributed by atoms with Gasteiger partial charge >= 0.3 is 0 Å². The van der Waals surface area contributed by atoms with Crippen molar-refractivity contribution in [2.24, 2.45) is 0 Å². The number of para-hydroxylation sites is 1. The molecule has 3 aromatic rings. The fourth-order valence-electron chi connectivity index (χ4n) is 1.87. The number of fused-ring (bicyclic) bond motifs is 1. The van der Waals surface area contributed by atoms with Crippen LogP contribution in [0.4, 0.5) is 0 Å². The second-order valence-corrected chi connectivity index (χ2v) is 5.37. The molecule has 0 aliphatic rings. The summed E-state index contributed by atoms with van der Waals surface area (Å²) in [6.07, 6.45) is 0. The van der Waals surface area contributed by atoms with E-state index < -0.39 is 0 Å². The highest BCUT2D eigenvalue weighted by Gasteiger charge is 2.15. The third-order valence-electron chi connectivity index (χ3n) is 2.83. The van der Waals surface area contributed by atoms with Crippen LogP contribution in [0.15, 0.2) is 57.4 Å². The van der Waals surface area contributed by atoms with Crippen molar-refractivity contribution in [3.8, 4) is 0 Å². The van der Waals surface area contributed by atoms with Gasteiger partial charge in [0.05, 0.1) is 5.02 Å². The Hall–Kier alpha value is -1.58. The van der Waals surface area contributed by atoms with Crippen molar-refractivity contribution in [1.82, 2.24) is 0 Å². The topological polar surface area (TPSA) is 30.2 Å². The van der Waals surface area contributed by atoms with E-state index in [0.29, 0.717) is 21.9 Å². The number of rotatable bonds is 2. The Morgan fingerprint density at radius 2 is 1.89 bits per heavy atom. The van der Waals surface area contributed by atoms with Gasteiger partial charge in [0.25, 0.3) is 0 Å². The van der Waals surface area contributed by atoms with Gasteiger partial charge in [-0.2, -0.15) is 0 Å². The Labute approximate surface area is 123 Å². The molecule has 0 unspecified atom stereocenters. The average Bonchev–Trinajstić information content (AvgIpc) is 2.85. The number of carbonyl (C=O) groups excluding carboxylic acids is 1. The molecule has 4 heteroatoms. The zero-order valence-corrected chi connectivity index (χ0v) is 12.0. The maximum absolute atomic E-state index is 12.3. The van der Waals surface area contributed by atoms with Gasteiger partial charge in [0.15, 0.2) is 5.76 Å². The standard InChI is InChI=1S/C15H8BrClO2/c16-11-6-5-10(7-12(11)17)15(18)14-8-9-3-1-2-4-13(9)19-14/h1-8H. The molecule has 2 aromatic carbocycles. The molecule has 0 aliphatic heterocycles. The zero-order chi connectivity index (χ0) is 13.4. The van der Waals surface area contributed by atoms with Gasteiger partial charge in [0, 0.05) is 15.4 Å². The molecule has 0 saturated carbocycles. The molecular formula is C15H8BrClO2. The summed E-state index contributed by atoms with van der Waals surface area (Å²) in [5.41, 5.74) is 1.21. The largest absolute Gasteiger partial charge is 0.453 e. The summed E-state index contributed by atoms with van der Waals surface area (Å²) in [5.74, 6) is 0.144. The summed E-state index contributed by atoms with van der Waals surface area (Å²) in [5, 5.41) is 1.41. The van der Waals surface area contributed by atoms with Crippen LogP contribution in [-0.4, -0.2) is 5.78 Å². The minimum atomic E-state index is -0.175. The SMILES string of the molecule is O=C(c1ccc(Br)c(Cl)c1)c1cc2ccccc2o1. The van der Waals surface area contributed by atoms with E-state index in [0.717, 1.165) is 9.86 Å². The van der Waals surface area contributed by atoms with Gasteiger partial charge in [-0.25, -0.2) is 0 Å². The van der Waals surface area contributed by atoms with Crippen LogP contribution in [0.25, 0.3) is 11.0 Å². The molecule has 0 N–H and O–H groups in total. The quantitative estimate of drug-likeness (QED) is 0.611. The normalized spacial score (nSPS) is 10.8. The molecule has 0 radical (unpaired) electrons. The van der Waals surface area contributed by atoms with Gasteiger partial charge in [-0.1, -0.05) is 29.8 Å². The van der Waals surface area contributed by atoms with E-state index in [1.54, 1.807) is 24.3 Å². The van der Waals surface area contributed by atoms with Crippen molar-refractivity contribution in [3.05, 3.63) is 69.3 Å². The van der Waals surface area contributed by atoms with Crippen LogP contribution in [0.5, 0.6) is 0 Å². The first kappa shape index (κ1) is 12.5. The second-order valence-electron chi connectivity index (χ2n) is 4.11. The first-order valence-corrected chi connectivity index (χ1v) is 6.80. The maximum Gasteiger partial charge on any atom is 0.228 e. The molecule has 1 aromatic heterocycles. The Balaban J connectivity index is 2.05. The van der Waals surface area contributed by atoms with Gasteiger partial charge < -0.3 is 4.42 Å². The average molecular weight is 336 g/mol. The Morgan fingerprint density at radius 1 is 1.11 bits per heavy atom. The maximum atomic E-state index is 12.3. The van der Waals surface area contributed by atoms with Crippen LogP contribution in [-0.2, 0) is 0 Å². The van der Waals surface area contributed by atoms with Crippen LogP contribution in [0.2, 0.25) is 5.02 Å². The van der Waals surface area contributed by atoms with Crippen molar-refractivity contribution in [2.75, 3.05) is 0 Å². The fourth-order valence-corrected chi connectivity index (χ4v) is 2.30. The van der Waals surface area contributed by atoms with E-state index in [1.165, 1.54) is 0 Å². The van der Waals surface area contributed by atoms with Gasteiger partial charge in [-0.15, -0.1) is 0 Å². The molecule has 0 spiro atoms. The molecular weight excluding hydrogens is 328 g/mol. The smallest absolute Gasteiger partial charge is 0.228 e. The van der Waals surface area contributed by atoms with Crippen LogP contribution in [0, 0.1) is 0 Å². The van der Waals surface area contributed by atoms with Gasteiger partial charge in [-0.05, 0) is 46.3 Å². The molecule has 3 rings (SSSR count). The Kier molecular flexibility index (Phi) is 3.17. The second kappa shape index (κ2) is 4.83. The van der Waals surface area contributed by atoms with E-state index in [1.807, 2.05) is 24.3 Å². The Morgan fingerprint density at radius 3 is 2.63 bits per heavy atom. The number of hydrogen-bond acceptors (Lipinski definition) is 2. The van der Waals surface area contributed by atoms with Gasteiger partial charge in [0.1, 0.15) is 5.58 Å². The highest BCUT2D eigenvalue weighted by atomic mass is 79.9. The molecule has 2 nitrogen and oxygen atoms in total. The minimum absolute atomic E-state index is 0.175. The lowest BCUT2D eigenvalue weighted by Crippen LogP contribution is -1.99. The third-order valence-corrected chi connectivity index (χ3v) is 4.06. The lowest BCUT2D eigenvalue weighted by atomic mass is 10.1. The molecule has 0 fully saturated rings.